The third kappa shape index (κ3) is 4350. The molecule has 10 heteroatoms. The Kier molecular flexibility index (Phi) is 12.4. The second kappa shape index (κ2) is 7.43. The second-order valence-corrected chi connectivity index (χ2v) is 2.10. The lowest BCUT2D eigenvalue weighted by atomic mass is 15.8. The fourth-order valence-corrected chi connectivity index (χ4v) is 0. The van der Waals surface area contributed by atoms with Gasteiger partial charge in [0.15, 0.2) is 0 Å². The van der Waals surface area contributed by atoms with Crippen molar-refractivity contribution in [2.75, 3.05) is 0 Å². The molecule has 0 fully saturated rings. The van der Waals surface area contributed by atoms with Crippen molar-refractivity contribution in [2.24, 2.45) is 0 Å². The van der Waals surface area contributed by atoms with E-state index in [1.165, 1.54) is 0 Å². The van der Waals surface area contributed by atoms with E-state index in [-0.39, 0.29) is 9.90 Å². The Morgan fingerprint density at radius 2 is 1.10 bits per heavy atom. The van der Waals surface area contributed by atoms with Gasteiger partial charge in [0.05, 0.1) is 0 Å². The van der Waals surface area contributed by atoms with Crippen molar-refractivity contribution >= 4 is 28.6 Å². The van der Waals surface area contributed by atoms with Crippen LogP contribution in [0.25, 0.3) is 0 Å². The van der Waals surface area contributed by atoms with Crippen molar-refractivity contribution in [3.05, 3.63) is 0 Å². The summed E-state index contributed by atoms with van der Waals surface area (Å²) in [6.45, 7) is 0. The summed E-state index contributed by atoms with van der Waals surface area (Å²) in [5.74, 6) is 0. The van der Waals surface area contributed by atoms with E-state index in [9.17, 15) is 0 Å². The van der Waals surface area contributed by atoms with Gasteiger partial charge in [0.25, 0.3) is 0 Å². The molecular formula is H7O7P2S+. The summed E-state index contributed by atoms with van der Waals surface area (Å²) in [6.07, 6.45) is 0. The highest BCUT2D eigenvalue weighted by Crippen LogP contribution is 1.98. The van der Waals surface area contributed by atoms with Crippen molar-refractivity contribution in [3.8, 4) is 0 Å². The summed E-state index contributed by atoms with van der Waals surface area (Å²) >= 11 is 0. The second-order valence-electron chi connectivity index (χ2n) is 0.701. The minimum absolute atomic E-state index is 0. The Balaban J connectivity index is -0.0000000910. The van der Waals surface area contributed by atoms with Crippen LogP contribution in [0.4, 0.5) is 0 Å². The molecule has 0 aromatic heterocycles. The topological polar surface area (TPSA) is 132 Å². The van der Waals surface area contributed by atoms with E-state index in [0.29, 0.717) is 0 Å². The summed E-state index contributed by atoms with van der Waals surface area (Å²) in [4.78, 5) is 14.2. The van der Waals surface area contributed by atoms with Crippen LogP contribution in [-0.2, 0) is 15.0 Å². The van der Waals surface area contributed by atoms with Crippen LogP contribution in [0.1, 0.15) is 0 Å². The van der Waals surface area contributed by atoms with Crippen LogP contribution in [0.15, 0.2) is 0 Å². The molecule has 0 aromatic carbocycles. The Labute approximate surface area is 61.2 Å². The predicted molar refractivity (Wildman–Crippen MR) is 37.3 cm³/mol. The zero-order chi connectivity index (χ0) is 8.08. The minimum Gasteiger partial charge on any atom is -0.264 e. The van der Waals surface area contributed by atoms with Gasteiger partial charge >= 0.3 is 18.7 Å². The van der Waals surface area contributed by atoms with Gasteiger partial charge in [-0.2, -0.15) is 18.3 Å². The molecule has 0 aliphatic rings. The first-order valence-corrected chi connectivity index (χ1v) is 3.84. The molecule has 1 atom stereocenters. The molecule has 10 heavy (non-hydrogen) atoms. The standard InChI is InChI=1S/H2O4S.HO3P.H3P/c1-5(2,3)4;1-4(2)3;/h(H2,1,2,3,4);(H-,1,2,3);1H3/p+1. The maximum absolute atomic E-state index is 8.74. The Bertz CT molecular complexity index is 154. The van der Waals surface area contributed by atoms with Crippen LogP contribution in [0.2, 0.25) is 0 Å². The van der Waals surface area contributed by atoms with Crippen LogP contribution in [-0.4, -0.2) is 27.3 Å². The fraction of sp³-hybridized carbons (Fsp3) is 0. The number of hydrogen-bond acceptors (Lipinski definition) is 3. The molecule has 0 saturated heterocycles. The van der Waals surface area contributed by atoms with E-state index in [1.54, 1.807) is 0 Å². The van der Waals surface area contributed by atoms with Gasteiger partial charge in [0, 0.05) is 4.57 Å². The third-order valence-corrected chi connectivity index (χ3v) is 0. The van der Waals surface area contributed by atoms with E-state index in [0.717, 1.165) is 0 Å². The molecule has 7 nitrogen and oxygen atoms in total. The van der Waals surface area contributed by atoms with Crippen molar-refractivity contribution in [1.29, 1.82) is 0 Å². The lowest BCUT2D eigenvalue weighted by molar-refractivity contribution is 0.380. The molecule has 64 valence electrons. The summed E-state index contributed by atoms with van der Waals surface area (Å²) in [7, 11) is -7.54. The molecule has 4 N–H and O–H groups in total. The normalized spacial score (nSPS) is 8.40. The molecule has 0 amide bonds. The molecule has 0 saturated carbocycles. The van der Waals surface area contributed by atoms with Crippen LogP contribution >= 0.6 is 18.2 Å². The average Bonchev–Trinajstić information content (AvgIpc) is 1.19. The zero-order valence-corrected chi connectivity index (χ0v) is 7.70. The Morgan fingerprint density at radius 3 is 1.10 bits per heavy atom. The van der Waals surface area contributed by atoms with Crippen LogP contribution in [0.3, 0.4) is 0 Å². The van der Waals surface area contributed by atoms with Crippen LogP contribution in [0, 0.1) is 0 Å². The first-order valence-electron chi connectivity index (χ1n) is 1.28. The van der Waals surface area contributed by atoms with E-state index in [4.69, 9.17) is 31.9 Å². The average molecular weight is 213 g/mol. The van der Waals surface area contributed by atoms with Crippen LogP contribution < -0.4 is 0 Å². The first-order chi connectivity index (χ1) is 3.73. The molecule has 0 aliphatic carbocycles. The van der Waals surface area contributed by atoms with Crippen molar-refractivity contribution in [2.45, 2.75) is 0 Å². The maximum Gasteiger partial charge on any atom is 0.692 e. The van der Waals surface area contributed by atoms with E-state index in [1.807, 2.05) is 0 Å². The molecule has 0 aliphatic heterocycles. The van der Waals surface area contributed by atoms with Crippen molar-refractivity contribution in [3.63, 3.8) is 0 Å². The highest BCUT2D eigenvalue weighted by molar-refractivity contribution is 7.79. The molecule has 0 bridgehead atoms. The van der Waals surface area contributed by atoms with Gasteiger partial charge in [-0.15, -0.1) is 9.79 Å². The number of rotatable bonds is 0. The molecule has 1 unspecified atom stereocenters. The van der Waals surface area contributed by atoms with Gasteiger partial charge < -0.3 is 0 Å². The molecule has 0 radical (unpaired) electrons. The van der Waals surface area contributed by atoms with E-state index >= 15 is 0 Å². The number of hydrogen-bond donors (Lipinski definition) is 4. The monoisotopic (exact) mass is 213 g/mol. The summed E-state index contributed by atoms with van der Waals surface area (Å²) in [5, 5.41) is 0. The summed E-state index contributed by atoms with van der Waals surface area (Å²) < 4.78 is 40.3. The summed E-state index contributed by atoms with van der Waals surface area (Å²) in [6, 6.07) is 0. The quantitative estimate of drug-likeness (QED) is 0.300. The highest BCUT2D eigenvalue weighted by atomic mass is 32.3. The van der Waals surface area contributed by atoms with Gasteiger partial charge in [-0.3, -0.25) is 9.11 Å². The van der Waals surface area contributed by atoms with E-state index in [2.05, 4.69) is 0 Å². The molecule has 0 rings (SSSR count). The van der Waals surface area contributed by atoms with Crippen LogP contribution in [0.5, 0.6) is 0 Å². The third-order valence-electron chi connectivity index (χ3n) is 0. The SMILES string of the molecule is O=S(=O)(O)O.O=[P+](O)O.P. The lowest BCUT2D eigenvalue weighted by Gasteiger charge is -1.68. The highest BCUT2D eigenvalue weighted by Gasteiger charge is 1.93. The van der Waals surface area contributed by atoms with Gasteiger partial charge in [0.2, 0.25) is 0 Å². The molecule has 0 heterocycles. The molecule has 0 spiro atoms. The Hall–Kier alpha value is 0.320. The smallest absolute Gasteiger partial charge is 0.264 e. The van der Waals surface area contributed by atoms with Crippen molar-refractivity contribution < 1.29 is 31.9 Å². The zero-order valence-electron chi connectivity index (χ0n) is 4.58. The molecular weight excluding hydrogens is 206 g/mol. The van der Waals surface area contributed by atoms with Crippen molar-refractivity contribution in [1.82, 2.24) is 0 Å². The predicted octanol–water partition coefficient (Wildman–Crippen LogP) is -0.966. The van der Waals surface area contributed by atoms with Gasteiger partial charge in [0.1, 0.15) is 0 Å². The molecule has 0 aromatic rings. The lowest BCUT2D eigenvalue weighted by Crippen LogP contribution is -1.89. The largest absolute Gasteiger partial charge is 0.692 e. The van der Waals surface area contributed by atoms with Gasteiger partial charge in [-0.05, 0) is 0 Å². The Morgan fingerprint density at radius 1 is 1.10 bits per heavy atom. The van der Waals surface area contributed by atoms with Gasteiger partial charge in [-0.25, -0.2) is 0 Å². The fourth-order valence-electron chi connectivity index (χ4n) is 0. The maximum atomic E-state index is 8.74. The first kappa shape index (κ1) is 16.7. The minimum atomic E-state index is -4.67. The van der Waals surface area contributed by atoms with Gasteiger partial charge in [-0.1, -0.05) is 0 Å². The summed E-state index contributed by atoms with van der Waals surface area (Å²) in [5.41, 5.74) is 0. The van der Waals surface area contributed by atoms with E-state index < -0.39 is 18.7 Å².